The summed E-state index contributed by atoms with van der Waals surface area (Å²) in [5.74, 6) is 0. The lowest BCUT2D eigenvalue weighted by Crippen LogP contribution is -2.61. The summed E-state index contributed by atoms with van der Waals surface area (Å²) >= 11 is 0. The van der Waals surface area contributed by atoms with Crippen LogP contribution in [0.4, 0.5) is 47.3 Å². The van der Waals surface area contributed by atoms with Gasteiger partial charge in [-0.15, -0.1) is 0 Å². The molecule has 2 aliphatic rings. The van der Waals surface area contributed by atoms with E-state index in [0.717, 1.165) is 78.2 Å². The van der Waals surface area contributed by atoms with Crippen molar-refractivity contribution in [1.82, 2.24) is 9.55 Å². The Kier molecular flexibility index (Phi) is 13.7. The van der Waals surface area contributed by atoms with Gasteiger partial charge in [0.25, 0.3) is 6.71 Å². The zero-order valence-electron chi connectivity index (χ0n) is 53.4. The van der Waals surface area contributed by atoms with Crippen molar-refractivity contribution in [2.24, 2.45) is 0 Å². The second-order valence-corrected chi connectivity index (χ2v) is 28.9. The second-order valence-electron chi connectivity index (χ2n) is 28.9. The summed E-state index contributed by atoms with van der Waals surface area (Å²) in [6.45, 7) is 27.6. The third kappa shape index (κ3) is 10.2. The van der Waals surface area contributed by atoms with Crippen LogP contribution in [-0.2, 0) is 27.8 Å². The van der Waals surface area contributed by atoms with Gasteiger partial charge >= 0.3 is 6.18 Å². The molecule has 0 spiro atoms. The number of halogens is 3. The van der Waals surface area contributed by atoms with Crippen LogP contribution >= 0.6 is 0 Å². The van der Waals surface area contributed by atoms with Crippen molar-refractivity contribution >= 4 is 79.0 Å². The lowest BCUT2D eigenvalue weighted by atomic mass is 9.33. The molecule has 0 saturated heterocycles. The molecule has 0 unspecified atom stereocenters. The van der Waals surface area contributed by atoms with E-state index in [4.69, 9.17) is 4.98 Å². The van der Waals surface area contributed by atoms with Crippen LogP contribution in [0.15, 0.2) is 231 Å². The topological polar surface area (TPSA) is 24.3 Å². The summed E-state index contributed by atoms with van der Waals surface area (Å²) in [6, 6.07) is 80.0. The molecule has 10 aromatic carbocycles. The van der Waals surface area contributed by atoms with E-state index in [1.165, 1.54) is 50.8 Å². The molecule has 8 heteroatoms. The van der Waals surface area contributed by atoms with Gasteiger partial charge in [0.1, 0.15) is 0 Å². The van der Waals surface area contributed by atoms with E-state index < -0.39 is 11.7 Å². The van der Waals surface area contributed by atoms with E-state index in [2.05, 4.69) is 231 Å². The standard InChI is InChI=1S/C82H74BF3N4/c1-78(2,3)57-44-58(79(4,5)6)47-61(46-57)88-73-33-23-20-30-66(73)83-67-31-21-24-34-74(67)89(62-48-59(80(7,8)9)45-60(49-62)81(10,11)12)76-43-54(42-75(88)77(76)83)53-35-37-72-65(39-53)63-29-19-22-32-70(63)90(72)71-38-36-56(82(84,85)86)50-64(71)55-40-68(51-25-15-13-16-26-51)87-69(41-55)52-27-17-14-18-28-52/h13-50H,1-12H3. The molecule has 0 atom stereocenters. The number of nitrogens with zero attached hydrogens (tertiary/aromatic N) is 4. The fourth-order valence-corrected chi connectivity index (χ4v) is 13.6. The Labute approximate surface area is 528 Å². The maximum absolute atomic E-state index is 15.2. The molecule has 90 heavy (non-hydrogen) atoms. The number of fused-ring (bicyclic) bond motifs is 7. The molecule has 0 N–H and O–H groups in total. The number of pyridine rings is 1. The summed E-state index contributed by atoms with van der Waals surface area (Å²) in [5, 5.41) is 1.96. The van der Waals surface area contributed by atoms with E-state index in [0.29, 0.717) is 28.2 Å². The van der Waals surface area contributed by atoms with Crippen LogP contribution in [0.2, 0.25) is 0 Å². The Hall–Kier alpha value is -9.40. The van der Waals surface area contributed by atoms with Gasteiger partial charge in [-0.3, -0.25) is 0 Å². The predicted octanol–water partition coefficient (Wildman–Crippen LogP) is 21.1. The number of benzene rings is 10. The molecule has 0 fully saturated rings. The van der Waals surface area contributed by atoms with Crippen LogP contribution in [0.1, 0.15) is 111 Å². The lowest BCUT2D eigenvalue weighted by Gasteiger charge is -2.45. The summed E-state index contributed by atoms with van der Waals surface area (Å²) in [6.07, 6.45) is -4.60. The van der Waals surface area contributed by atoms with Gasteiger partial charge in [-0.25, -0.2) is 4.98 Å². The lowest BCUT2D eigenvalue weighted by molar-refractivity contribution is -0.137. The maximum atomic E-state index is 15.2. The Morgan fingerprint density at radius 2 is 0.767 bits per heavy atom. The number of anilines is 6. The van der Waals surface area contributed by atoms with Crippen LogP contribution in [0.5, 0.6) is 0 Å². The third-order valence-electron chi connectivity index (χ3n) is 18.5. The molecule has 0 bridgehead atoms. The first-order valence-electron chi connectivity index (χ1n) is 31.4. The minimum atomic E-state index is -4.60. The monoisotopic (exact) mass is 1180 g/mol. The number of hydrogen-bond donors (Lipinski definition) is 0. The Bertz CT molecular complexity index is 4550. The van der Waals surface area contributed by atoms with Crippen LogP contribution < -0.4 is 26.2 Å². The Balaban J connectivity index is 1.05. The van der Waals surface area contributed by atoms with Crippen molar-refractivity contribution in [3.8, 4) is 50.5 Å². The third-order valence-corrected chi connectivity index (χ3v) is 18.5. The van der Waals surface area contributed by atoms with E-state index in [9.17, 15) is 0 Å². The van der Waals surface area contributed by atoms with Gasteiger partial charge in [-0.05, 0) is 174 Å². The summed E-state index contributed by atoms with van der Waals surface area (Å²) in [5.41, 5.74) is 22.8. The van der Waals surface area contributed by atoms with E-state index in [-0.39, 0.29) is 28.4 Å². The second kappa shape index (κ2) is 21.1. The van der Waals surface area contributed by atoms with Crippen molar-refractivity contribution in [2.75, 3.05) is 9.80 Å². The van der Waals surface area contributed by atoms with Gasteiger partial charge in [0, 0.05) is 61.6 Å². The highest BCUT2D eigenvalue weighted by Gasteiger charge is 2.44. The normalized spacial score (nSPS) is 13.4. The average molecular weight is 1180 g/mol. The molecule has 4 nitrogen and oxygen atoms in total. The van der Waals surface area contributed by atoms with Crippen LogP contribution in [0.25, 0.3) is 72.3 Å². The van der Waals surface area contributed by atoms with Gasteiger partial charge in [0.15, 0.2) is 0 Å². The van der Waals surface area contributed by atoms with Gasteiger partial charge in [0.05, 0.1) is 33.7 Å². The van der Waals surface area contributed by atoms with Gasteiger partial charge in [-0.2, -0.15) is 13.2 Å². The maximum Gasteiger partial charge on any atom is 0.416 e. The number of alkyl halides is 3. The highest BCUT2D eigenvalue weighted by Crippen LogP contribution is 2.50. The van der Waals surface area contributed by atoms with Crippen molar-refractivity contribution in [2.45, 2.75) is 111 Å². The van der Waals surface area contributed by atoms with Crippen LogP contribution in [0, 0.1) is 0 Å². The van der Waals surface area contributed by atoms with Crippen molar-refractivity contribution < 1.29 is 13.2 Å². The fourth-order valence-electron chi connectivity index (χ4n) is 13.6. The molecule has 14 rings (SSSR count). The minimum absolute atomic E-state index is 0.0870. The van der Waals surface area contributed by atoms with Crippen molar-refractivity contribution in [3.63, 3.8) is 0 Å². The predicted molar refractivity (Wildman–Crippen MR) is 374 cm³/mol. The zero-order valence-corrected chi connectivity index (χ0v) is 53.4. The fraction of sp³-hybridized carbons (Fsp3) is 0.207. The SMILES string of the molecule is CC(C)(C)c1cc(N2c3ccccc3B3c4ccccc4N(c4cc(C(C)(C)C)cc(C(C)(C)C)c4)c4cc(-c5ccc6c(c5)c5ccccc5n6-c5ccc(C(F)(F)F)cc5-c5cc(-c6ccccc6)nc(-c6ccccc6)c5)cc2c43)cc(C(C)(C)C)c1. The summed E-state index contributed by atoms with van der Waals surface area (Å²) in [4.78, 5) is 10.2. The minimum Gasteiger partial charge on any atom is -0.311 e. The molecule has 4 heterocycles. The molecule has 0 radical (unpaired) electrons. The molecular formula is C82H74BF3N4. The highest BCUT2D eigenvalue weighted by atomic mass is 19.4. The largest absolute Gasteiger partial charge is 0.416 e. The van der Waals surface area contributed by atoms with E-state index in [1.807, 2.05) is 78.9 Å². The quantitative estimate of drug-likeness (QED) is 0.149. The number of rotatable bonds is 7. The van der Waals surface area contributed by atoms with Crippen LogP contribution in [-0.4, -0.2) is 16.3 Å². The molecule has 0 aliphatic carbocycles. The first kappa shape index (κ1) is 58.3. The number of hydrogen-bond acceptors (Lipinski definition) is 3. The van der Waals surface area contributed by atoms with Gasteiger partial charge < -0.3 is 14.4 Å². The summed E-state index contributed by atoms with van der Waals surface area (Å²) in [7, 11) is 0. The molecule has 2 aliphatic heterocycles. The Morgan fingerprint density at radius 3 is 1.24 bits per heavy atom. The summed E-state index contributed by atoms with van der Waals surface area (Å²) < 4.78 is 47.6. The van der Waals surface area contributed by atoms with Crippen molar-refractivity contribution in [1.29, 1.82) is 0 Å². The molecule has 12 aromatic rings. The molecular weight excluding hydrogens is 1110 g/mol. The van der Waals surface area contributed by atoms with Crippen LogP contribution in [0.3, 0.4) is 0 Å². The Morgan fingerprint density at radius 1 is 0.322 bits per heavy atom. The first-order chi connectivity index (χ1) is 42.8. The average Bonchev–Trinajstić information content (AvgIpc) is 0.748. The van der Waals surface area contributed by atoms with Crippen molar-refractivity contribution in [3.05, 3.63) is 258 Å². The molecule has 0 amide bonds. The number of para-hydroxylation sites is 3. The zero-order chi connectivity index (χ0) is 63.0. The van der Waals surface area contributed by atoms with E-state index >= 15 is 13.2 Å². The van der Waals surface area contributed by atoms with Gasteiger partial charge in [-0.1, -0.05) is 217 Å². The molecule has 0 saturated carbocycles. The smallest absolute Gasteiger partial charge is 0.311 e. The van der Waals surface area contributed by atoms with Gasteiger partial charge in [0.2, 0.25) is 0 Å². The highest BCUT2D eigenvalue weighted by molar-refractivity contribution is 7.00. The molecule has 2 aromatic heterocycles. The first-order valence-corrected chi connectivity index (χ1v) is 31.4. The number of aromatic nitrogens is 2. The molecule has 446 valence electrons. The van der Waals surface area contributed by atoms with E-state index in [1.54, 1.807) is 6.07 Å².